The number of aromatic nitrogens is 2. The largest absolute Gasteiger partial charge is 0.389 e. The van der Waals surface area contributed by atoms with Crippen LogP contribution >= 0.6 is 0 Å². The molecule has 0 fully saturated rings. The number of hydrogen-bond donors (Lipinski definition) is 1. The maximum absolute atomic E-state index is 9.40. The van der Waals surface area contributed by atoms with E-state index in [0.717, 1.165) is 12.1 Å². The molecule has 0 saturated carbocycles. The summed E-state index contributed by atoms with van der Waals surface area (Å²) < 4.78 is 1.85. The smallest absolute Gasteiger partial charge is 0.0792 e. The van der Waals surface area contributed by atoms with Gasteiger partial charge in [0.25, 0.3) is 0 Å². The molecule has 0 saturated heterocycles. The maximum atomic E-state index is 9.40. The third-order valence-corrected chi connectivity index (χ3v) is 2.73. The van der Waals surface area contributed by atoms with Gasteiger partial charge < -0.3 is 5.11 Å². The molecule has 0 aliphatic carbocycles. The molecule has 16 heavy (non-hydrogen) atoms. The van der Waals surface area contributed by atoms with Crippen LogP contribution in [0.25, 0.3) is 0 Å². The summed E-state index contributed by atoms with van der Waals surface area (Å²) in [7, 11) is 0. The molecule has 3 heteroatoms. The third-order valence-electron chi connectivity index (χ3n) is 2.73. The van der Waals surface area contributed by atoms with E-state index in [1.807, 2.05) is 23.0 Å². The van der Waals surface area contributed by atoms with E-state index < -0.39 is 6.10 Å². The average Bonchev–Trinajstić information content (AvgIpc) is 2.70. The summed E-state index contributed by atoms with van der Waals surface area (Å²) in [6, 6.07) is 8.25. The molecule has 1 aromatic heterocycles. The van der Waals surface area contributed by atoms with Crippen LogP contribution in [0.1, 0.15) is 29.7 Å². The number of rotatable bonds is 3. The molecule has 1 N–H and O–H groups in total. The molecule has 0 bridgehead atoms. The monoisotopic (exact) mass is 216 g/mol. The van der Waals surface area contributed by atoms with Gasteiger partial charge in [-0.1, -0.05) is 24.3 Å². The van der Waals surface area contributed by atoms with Crippen LogP contribution in [0.5, 0.6) is 0 Å². The lowest BCUT2D eigenvalue weighted by Gasteiger charge is -2.05. The molecule has 0 spiro atoms. The maximum Gasteiger partial charge on any atom is 0.0792 e. The highest BCUT2D eigenvalue weighted by atomic mass is 16.3. The number of nitrogens with zero attached hydrogens (tertiary/aromatic N) is 2. The normalized spacial score (nSPS) is 12.7. The lowest BCUT2D eigenvalue weighted by atomic mass is 10.1. The lowest BCUT2D eigenvalue weighted by molar-refractivity contribution is 0.199. The minimum absolute atomic E-state index is 0.453. The first kappa shape index (κ1) is 10.9. The summed E-state index contributed by atoms with van der Waals surface area (Å²) in [6.45, 7) is 4.59. The second kappa shape index (κ2) is 4.49. The summed E-state index contributed by atoms with van der Waals surface area (Å²) in [5, 5.41) is 13.6. The Morgan fingerprint density at radius 2 is 2.12 bits per heavy atom. The van der Waals surface area contributed by atoms with Gasteiger partial charge in [0.2, 0.25) is 0 Å². The fraction of sp³-hybridized carbons (Fsp3) is 0.308. The molecule has 0 aliphatic rings. The van der Waals surface area contributed by atoms with Crippen LogP contribution in [0.15, 0.2) is 36.7 Å². The highest BCUT2D eigenvalue weighted by Crippen LogP contribution is 2.12. The second-order valence-corrected chi connectivity index (χ2v) is 4.07. The van der Waals surface area contributed by atoms with Gasteiger partial charge in [0.15, 0.2) is 0 Å². The van der Waals surface area contributed by atoms with Crippen molar-refractivity contribution in [3.63, 3.8) is 0 Å². The van der Waals surface area contributed by atoms with Crippen molar-refractivity contribution >= 4 is 0 Å². The van der Waals surface area contributed by atoms with Gasteiger partial charge in [-0.3, -0.25) is 4.68 Å². The molecule has 0 aliphatic heterocycles. The number of hydrogen-bond acceptors (Lipinski definition) is 2. The van der Waals surface area contributed by atoms with E-state index in [0.29, 0.717) is 0 Å². The molecular weight excluding hydrogens is 200 g/mol. The Labute approximate surface area is 95.3 Å². The third kappa shape index (κ3) is 2.31. The molecular formula is C13H16N2O. The summed E-state index contributed by atoms with van der Waals surface area (Å²) >= 11 is 0. The molecule has 2 aromatic rings. The van der Waals surface area contributed by atoms with Gasteiger partial charge in [-0.15, -0.1) is 0 Å². The summed E-state index contributed by atoms with van der Waals surface area (Å²) in [5.41, 5.74) is 3.37. The molecule has 3 nitrogen and oxygen atoms in total. The SMILES string of the molecule is Cc1ccccc1Cn1cc(C(C)O)cn1. The topological polar surface area (TPSA) is 38.0 Å². The summed E-state index contributed by atoms with van der Waals surface area (Å²) in [5.74, 6) is 0. The van der Waals surface area contributed by atoms with Crippen LogP contribution in [0.3, 0.4) is 0 Å². The van der Waals surface area contributed by atoms with E-state index in [1.54, 1.807) is 13.1 Å². The van der Waals surface area contributed by atoms with Gasteiger partial charge in [-0.25, -0.2) is 0 Å². The van der Waals surface area contributed by atoms with E-state index >= 15 is 0 Å². The first-order chi connectivity index (χ1) is 7.66. The van der Waals surface area contributed by atoms with Gasteiger partial charge in [0, 0.05) is 11.8 Å². The Morgan fingerprint density at radius 1 is 1.38 bits per heavy atom. The minimum Gasteiger partial charge on any atom is -0.389 e. The predicted molar refractivity (Wildman–Crippen MR) is 63.1 cm³/mol. The van der Waals surface area contributed by atoms with E-state index in [9.17, 15) is 5.11 Å². The van der Waals surface area contributed by atoms with E-state index in [-0.39, 0.29) is 0 Å². The van der Waals surface area contributed by atoms with Crippen molar-refractivity contribution in [2.45, 2.75) is 26.5 Å². The van der Waals surface area contributed by atoms with Crippen molar-refractivity contribution in [2.75, 3.05) is 0 Å². The Hall–Kier alpha value is -1.61. The molecule has 1 aromatic carbocycles. The predicted octanol–water partition coefficient (Wildman–Crippen LogP) is 2.29. The first-order valence-electron chi connectivity index (χ1n) is 5.42. The van der Waals surface area contributed by atoms with Gasteiger partial charge in [-0.05, 0) is 25.0 Å². The van der Waals surface area contributed by atoms with Gasteiger partial charge in [0.1, 0.15) is 0 Å². The van der Waals surface area contributed by atoms with Crippen LogP contribution in [0.2, 0.25) is 0 Å². The van der Waals surface area contributed by atoms with Crippen molar-refractivity contribution in [3.8, 4) is 0 Å². The van der Waals surface area contributed by atoms with Gasteiger partial charge in [0.05, 0.1) is 18.8 Å². The Bertz CT molecular complexity index is 474. The summed E-state index contributed by atoms with van der Waals surface area (Å²) in [6.07, 6.45) is 3.14. The molecule has 2 rings (SSSR count). The first-order valence-corrected chi connectivity index (χ1v) is 5.42. The van der Waals surface area contributed by atoms with Crippen molar-refractivity contribution in [3.05, 3.63) is 53.3 Å². The molecule has 1 unspecified atom stereocenters. The van der Waals surface area contributed by atoms with Crippen LogP contribution in [-0.4, -0.2) is 14.9 Å². The lowest BCUT2D eigenvalue weighted by Crippen LogP contribution is -2.01. The van der Waals surface area contributed by atoms with Crippen LogP contribution in [0, 0.1) is 6.92 Å². The number of benzene rings is 1. The molecule has 0 radical (unpaired) electrons. The standard InChI is InChI=1S/C13H16N2O/c1-10-5-3-4-6-12(10)8-15-9-13(7-14-15)11(2)16/h3-7,9,11,16H,8H2,1-2H3. The van der Waals surface area contributed by atoms with Crippen molar-refractivity contribution in [2.24, 2.45) is 0 Å². The van der Waals surface area contributed by atoms with Gasteiger partial charge >= 0.3 is 0 Å². The zero-order valence-electron chi connectivity index (χ0n) is 9.59. The number of aliphatic hydroxyl groups is 1. The van der Waals surface area contributed by atoms with Crippen LogP contribution in [0.4, 0.5) is 0 Å². The van der Waals surface area contributed by atoms with Crippen molar-refractivity contribution < 1.29 is 5.11 Å². The van der Waals surface area contributed by atoms with Crippen molar-refractivity contribution in [1.29, 1.82) is 0 Å². The minimum atomic E-state index is -0.453. The van der Waals surface area contributed by atoms with E-state index in [4.69, 9.17) is 0 Å². The van der Waals surface area contributed by atoms with Crippen LogP contribution < -0.4 is 0 Å². The highest BCUT2D eigenvalue weighted by molar-refractivity contribution is 5.25. The molecule has 84 valence electrons. The fourth-order valence-electron chi connectivity index (χ4n) is 1.64. The Kier molecular flexibility index (Phi) is 3.06. The molecule has 1 atom stereocenters. The summed E-state index contributed by atoms with van der Waals surface area (Å²) in [4.78, 5) is 0. The zero-order valence-corrected chi connectivity index (χ0v) is 9.59. The molecule has 0 amide bonds. The average molecular weight is 216 g/mol. The number of aryl methyl sites for hydroxylation is 1. The van der Waals surface area contributed by atoms with Gasteiger partial charge in [-0.2, -0.15) is 5.10 Å². The Morgan fingerprint density at radius 3 is 2.75 bits per heavy atom. The Balaban J connectivity index is 2.18. The fourth-order valence-corrected chi connectivity index (χ4v) is 1.64. The number of aliphatic hydroxyl groups excluding tert-OH is 1. The van der Waals surface area contributed by atoms with Crippen LogP contribution in [-0.2, 0) is 6.54 Å². The molecule has 1 heterocycles. The van der Waals surface area contributed by atoms with E-state index in [2.05, 4.69) is 24.2 Å². The highest BCUT2D eigenvalue weighted by Gasteiger charge is 2.05. The quantitative estimate of drug-likeness (QED) is 0.854. The second-order valence-electron chi connectivity index (χ2n) is 4.07. The van der Waals surface area contributed by atoms with Crippen molar-refractivity contribution in [1.82, 2.24) is 9.78 Å². The zero-order chi connectivity index (χ0) is 11.5. The van der Waals surface area contributed by atoms with E-state index in [1.165, 1.54) is 11.1 Å².